The van der Waals surface area contributed by atoms with Gasteiger partial charge in [-0.2, -0.15) is 0 Å². The van der Waals surface area contributed by atoms with Crippen LogP contribution in [-0.2, 0) is 17.9 Å². The largest absolute Gasteiger partial charge is 0.350 e. The molecular weight excluding hydrogens is 421 g/mol. The summed E-state index contributed by atoms with van der Waals surface area (Å²) in [6, 6.07) is 13.4. The summed E-state index contributed by atoms with van der Waals surface area (Å²) >= 11 is 0. The van der Waals surface area contributed by atoms with Gasteiger partial charge in [-0.15, -0.1) is 0 Å². The monoisotopic (exact) mass is 443 g/mol. The molecule has 0 aliphatic rings. The highest BCUT2D eigenvalue weighted by Crippen LogP contribution is 2.19. The zero-order valence-corrected chi connectivity index (χ0v) is 18.3. The van der Waals surface area contributed by atoms with E-state index in [1.54, 1.807) is 6.92 Å². The van der Waals surface area contributed by atoms with Crippen molar-refractivity contribution in [2.75, 3.05) is 0 Å². The molecule has 6 nitrogen and oxygen atoms in total. The number of nitrogens with one attached hydrogen (secondary N) is 1. The number of halogens is 1. The number of aryl methyl sites for hydroxylation is 2. The van der Waals surface area contributed by atoms with E-state index in [4.69, 9.17) is 0 Å². The van der Waals surface area contributed by atoms with Crippen molar-refractivity contribution < 1.29 is 14.0 Å². The van der Waals surface area contributed by atoms with Crippen LogP contribution >= 0.6 is 0 Å². The maximum absolute atomic E-state index is 14.3. The fourth-order valence-corrected chi connectivity index (χ4v) is 3.59. The number of hydrogen-bond donors (Lipinski definition) is 1. The number of fused-ring (bicyclic) bond motifs is 1. The Hall–Kier alpha value is -4.13. The minimum atomic E-state index is -0.508. The van der Waals surface area contributed by atoms with Crippen molar-refractivity contribution in [1.29, 1.82) is 0 Å². The highest BCUT2D eigenvalue weighted by Gasteiger charge is 2.19. The summed E-state index contributed by atoms with van der Waals surface area (Å²) in [5.74, 6) is -1.31. The lowest BCUT2D eigenvalue weighted by Crippen LogP contribution is -2.29. The number of ketones is 1. The van der Waals surface area contributed by atoms with Crippen molar-refractivity contribution in [2.24, 2.45) is 0 Å². The number of carbonyl (C=O) groups is 2. The van der Waals surface area contributed by atoms with E-state index in [9.17, 15) is 18.8 Å². The lowest BCUT2D eigenvalue weighted by atomic mass is 10.0. The summed E-state index contributed by atoms with van der Waals surface area (Å²) in [4.78, 5) is 42.7. The lowest BCUT2D eigenvalue weighted by Gasteiger charge is -2.14. The Balaban J connectivity index is 1.71. The summed E-state index contributed by atoms with van der Waals surface area (Å²) in [5, 5.41) is 3.01. The third-order valence-corrected chi connectivity index (χ3v) is 5.47. The number of amides is 1. The van der Waals surface area contributed by atoms with Crippen LogP contribution in [0.3, 0.4) is 0 Å². The quantitative estimate of drug-likeness (QED) is 0.461. The third-order valence-electron chi connectivity index (χ3n) is 5.47. The molecule has 33 heavy (non-hydrogen) atoms. The first-order chi connectivity index (χ1) is 15.8. The molecule has 0 fully saturated rings. The predicted molar refractivity (Wildman–Crippen MR) is 124 cm³/mol. The van der Waals surface area contributed by atoms with Crippen LogP contribution < -0.4 is 10.7 Å². The van der Waals surface area contributed by atoms with Crippen molar-refractivity contribution in [2.45, 2.75) is 26.9 Å². The molecular formula is C26H22FN3O3. The van der Waals surface area contributed by atoms with Crippen molar-refractivity contribution in [1.82, 2.24) is 14.9 Å². The Morgan fingerprint density at radius 3 is 2.42 bits per heavy atom. The molecule has 1 N–H and O–H groups in total. The van der Waals surface area contributed by atoms with Crippen LogP contribution in [0.4, 0.5) is 4.39 Å². The Morgan fingerprint density at radius 1 is 1.03 bits per heavy atom. The summed E-state index contributed by atoms with van der Waals surface area (Å²) < 4.78 is 15.8. The topological polar surface area (TPSA) is 81.1 Å². The zero-order chi connectivity index (χ0) is 23.5. The summed E-state index contributed by atoms with van der Waals surface area (Å²) in [6.07, 6.45) is 4.25. The summed E-state index contributed by atoms with van der Waals surface area (Å²) in [6.45, 7) is 3.68. The third kappa shape index (κ3) is 4.72. The molecule has 0 aliphatic carbocycles. The summed E-state index contributed by atoms with van der Waals surface area (Å²) in [7, 11) is 0. The second-order valence-electron chi connectivity index (χ2n) is 7.95. The van der Waals surface area contributed by atoms with Gasteiger partial charge in [0.25, 0.3) is 0 Å². The number of nitrogens with zero attached hydrogens (tertiary/aromatic N) is 2. The van der Waals surface area contributed by atoms with Crippen molar-refractivity contribution in [3.05, 3.63) is 111 Å². The van der Waals surface area contributed by atoms with Crippen molar-refractivity contribution >= 4 is 22.6 Å². The lowest BCUT2D eigenvalue weighted by molar-refractivity contribution is -0.121. The Bertz CT molecular complexity index is 1410. The zero-order valence-electron chi connectivity index (χ0n) is 18.3. The number of rotatable bonds is 6. The van der Waals surface area contributed by atoms with Crippen LogP contribution in [0.2, 0.25) is 0 Å². The number of carbonyl (C=O) groups excluding carboxylic acids is 2. The molecule has 0 saturated carbocycles. The number of benzene rings is 2. The average Bonchev–Trinajstić information content (AvgIpc) is 2.82. The Kier molecular flexibility index (Phi) is 6.13. The van der Waals surface area contributed by atoms with Crippen LogP contribution in [0.1, 0.15) is 32.6 Å². The van der Waals surface area contributed by atoms with Crippen LogP contribution in [0.25, 0.3) is 10.9 Å². The van der Waals surface area contributed by atoms with E-state index in [0.29, 0.717) is 12.1 Å². The van der Waals surface area contributed by atoms with E-state index in [-0.39, 0.29) is 34.5 Å². The van der Waals surface area contributed by atoms with Gasteiger partial charge in [-0.25, -0.2) is 4.39 Å². The SMILES string of the molecule is Cc1ccc(CNC(=O)Cn2cc(C(=O)c3ccncc3)c(=O)c3cc(C)c(F)cc32)cc1. The summed E-state index contributed by atoms with van der Waals surface area (Å²) in [5.41, 5.74) is 2.29. The van der Waals surface area contributed by atoms with Crippen molar-refractivity contribution in [3.8, 4) is 0 Å². The molecule has 0 spiro atoms. The molecule has 0 saturated heterocycles. The molecule has 0 unspecified atom stereocenters. The van der Waals surface area contributed by atoms with Gasteiger partial charge in [0.05, 0.1) is 11.1 Å². The number of aromatic nitrogens is 2. The van der Waals surface area contributed by atoms with E-state index >= 15 is 0 Å². The number of pyridine rings is 2. The highest BCUT2D eigenvalue weighted by molar-refractivity contribution is 6.10. The van der Waals surface area contributed by atoms with Crippen LogP contribution in [0, 0.1) is 19.7 Å². The molecule has 0 aliphatic heterocycles. The molecule has 2 aromatic heterocycles. The van der Waals surface area contributed by atoms with Crippen molar-refractivity contribution in [3.63, 3.8) is 0 Å². The van der Waals surface area contributed by atoms with Gasteiger partial charge in [-0.05, 0) is 49.2 Å². The molecule has 4 aromatic rings. The van der Waals surface area contributed by atoms with Crippen LogP contribution in [0.15, 0.2) is 71.9 Å². The first-order valence-corrected chi connectivity index (χ1v) is 10.4. The van der Waals surface area contributed by atoms with E-state index in [1.807, 2.05) is 31.2 Å². The van der Waals surface area contributed by atoms with Gasteiger partial charge in [0.15, 0.2) is 5.78 Å². The molecule has 7 heteroatoms. The van der Waals surface area contributed by atoms with Gasteiger partial charge in [0.2, 0.25) is 11.3 Å². The van der Waals surface area contributed by atoms with E-state index in [2.05, 4.69) is 10.3 Å². The average molecular weight is 443 g/mol. The maximum Gasteiger partial charge on any atom is 0.240 e. The minimum absolute atomic E-state index is 0.0916. The molecule has 0 bridgehead atoms. The first-order valence-electron chi connectivity index (χ1n) is 10.4. The molecule has 0 radical (unpaired) electrons. The van der Waals surface area contributed by atoms with Gasteiger partial charge < -0.3 is 9.88 Å². The molecule has 0 atom stereocenters. The van der Waals surface area contributed by atoms with Gasteiger partial charge in [0, 0.05) is 36.1 Å². The van der Waals surface area contributed by atoms with Crippen LogP contribution in [0.5, 0.6) is 0 Å². The van der Waals surface area contributed by atoms with Gasteiger partial charge in [-0.3, -0.25) is 19.4 Å². The highest BCUT2D eigenvalue weighted by atomic mass is 19.1. The normalized spacial score (nSPS) is 10.9. The second-order valence-corrected chi connectivity index (χ2v) is 7.95. The molecule has 166 valence electrons. The maximum atomic E-state index is 14.3. The molecule has 4 rings (SSSR count). The second kappa shape index (κ2) is 9.16. The van der Waals surface area contributed by atoms with Gasteiger partial charge in [-0.1, -0.05) is 29.8 Å². The van der Waals surface area contributed by atoms with Gasteiger partial charge in [0.1, 0.15) is 12.4 Å². The van der Waals surface area contributed by atoms with E-state index < -0.39 is 17.0 Å². The van der Waals surface area contributed by atoms with Crippen LogP contribution in [-0.4, -0.2) is 21.2 Å². The molecule has 2 aromatic carbocycles. The first kappa shape index (κ1) is 22.1. The Morgan fingerprint density at radius 2 is 1.73 bits per heavy atom. The number of hydrogen-bond acceptors (Lipinski definition) is 4. The Labute approximate surface area is 189 Å². The standard InChI is InChI=1S/C26H22FN3O3/c1-16-3-5-18(6-4-16)13-29-24(31)15-30-14-21(25(32)19-7-9-28-10-8-19)26(33)20-11-17(2)22(27)12-23(20)30/h3-12,14H,13,15H2,1-2H3,(H,29,31). The predicted octanol–water partition coefficient (Wildman–Crippen LogP) is 3.70. The fourth-order valence-electron chi connectivity index (χ4n) is 3.59. The van der Waals surface area contributed by atoms with E-state index in [1.165, 1.54) is 47.4 Å². The molecule has 2 heterocycles. The smallest absolute Gasteiger partial charge is 0.240 e. The molecule has 1 amide bonds. The van der Waals surface area contributed by atoms with Gasteiger partial charge >= 0.3 is 0 Å². The minimum Gasteiger partial charge on any atom is -0.350 e. The van der Waals surface area contributed by atoms with E-state index in [0.717, 1.165) is 11.1 Å². The fraction of sp³-hybridized carbons (Fsp3) is 0.154.